The van der Waals surface area contributed by atoms with Gasteiger partial charge in [-0.25, -0.2) is 5.48 Å². The molecule has 0 saturated carbocycles. The number of hydrogen-bond acceptors (Lipinski definition) is 5. The number of aliphatic carboxylic acids is 2. The molecule has 0 aliphatic carbocycles. The molecule has 6 N–H and O–H groups in total. The molecule has 0 saturated heterocycles. The zero-order chi connectivity index (χ0) is 14.9. The van der Waals surface area contributed by atoms with Crippen molar-refractivity contribution in [2.45, 2.75) is 51.4 Å². The number of carboxylic acids is 2. The van der Waals surface area contributed by atoms with Crippen LogP contribution in [0.4, 0.5) is 0 Å². The van der Waals surface area contributed by atoms with Gasteiger partial charge < -0.3 is 21.2 Å². The van der Waals surface area contributed by atoms with E-state index in [1.165, 1.54) is 6.42 Å². The molecule has 0 aliphatic rings. The average molecular weight is 278 g/mol. The molecule has 7 heteroatoms. The van der Waals surface area contributed by atoms with E-state index in [0.717, 1.165) is 25.8 Å². The lowest BCUT2D eigenvalue weighted by Gasteiger charge is -1.96. The first-order valence-corrected chi connectivity index (χ1v) is 6.55. The van der Waals surface area contributed by atoms with E-state index >= 15 is 0 Å². The molecular formula is C12H26N2O5. The molecule has 0 aliphatic heterocycles. The summed E-state index contributed by atoms with van der Waals surface area (Å²) in [6.07, 6.45) is 5.49. The Hall–Kier alpha value is -1.18. The van der Waals surface area contributed by atoms with Crippen molar-refractivity contribution in [1.29, 1.82) is 0 Å². The molecule has 0 atom stereocenters. The van der Waals surface area contributed by atoms with Crippen LogP contribution in [0.25, 0.3) is 0 Å². The number of rotatable bonds is 11. The van der Waals surface area contributed by atoms with Crippen LogP contribution < -0.4 is 11.2 Å². The van der Waals surface area contributed by atoms with Crippen molar-refractivity contribution in [3.8, 4) is 0 Å². The van der Waals surface area contributed by atoms with Gasteiger partial charge in [-0.3, -0.25) is 9.59 Å². The summed E-state index contributed by atoms with van der Waals surface area (Å²) in [5.41, 5.74) is 7.39. The van der Waals surface area contributed by atoms with Gasteiger partial charge >= 0.3 is 11.9 Å². The highest BCUT2D eigenvalue weighted by Crippen LogP contribution is 1.98. The normalized spacial score (nSPS) is 9.58. The molecule has 0 aromatic heterocycles. The van der Waals surface area contributed by atoms with E-state index in [4.69, 9.17) is 21.2 Å². The Morgan fingerprint density at radius 1 is 0.842 bits per heavy atom. The first-order chi connectivity index (χ1) is 9.04. The Bertz CT molecular complexity index is 202. The van der Waals surface area contributed by atoms with Gasteiger partial charge in [0.05, 0.1) is 0 Å². The van der Waals surface area contributed by atoms with Crippen molar-refractivity contribution >= 4 is 11.9 Å². The third-order valence-corrected chi connectivity index (χ3v) is 2.27. The molecular weight excluding hydrogens is 252 g/mol. The second-order valence-electron chi connectivity index (χ2n) is 4.11. The number of carboxylic acid groups (broad SMARTS) is 2. The van der Waals surface area contributed by atoms with Crippen LogP contribution in [0.5, 0.6) is 0 Å². The Morgan fingerprint density at radius 2 is 1.32 bits per heavy atom. The number of hydrogen-bond donors (Lipinski definition) is 5. The number of carbonyl (C=O) groups is 2. The van der Waals surface area contributed by atoms with Gasteiger partial charge in [0.1, 0.15) is 0 Å². The minimum atomic E-state index is -0.870. The molecule has 0 unspecified atom stereocenters. The molecule has 0 spiro atoms. The third-order valence-electron chi connectivity index (χ3n) is 2.27. The maximum Gasteiger partial charge on any atom is 0.303 e. The van der Waals surface area contributed by atoms with Crippen LogP contribution in [0, 0.1) is 0 Å². The average Bonchev–Trinajstić information content (AvgIpc) is 2.35. The zero-order valence-corrected chi connectivity index (χ0v) is 11.3. The van der Waals surface area contributed by atoms with E-state index in [-0.39, 0.29) is 12.8 Å². The smallest absolute Gasteiger partial charge is 0.303 e. The summed E-state index contributed by atoms with van der Waals surface area (Å²) in [6, 6.07) is 0. The Labute approximate surface area is 113 Å². The van der Waals surface area contributed by atoms with Crippen LogP contribution in [0.2, 0.25) is 0 Å². The van der Waals surface area contributed by atoms with Crippen LogP contribution in [0.1, 0.15) is 51.4 Å². The monoisotopic (exact) mass is 278 g/mol. The van der Waals surface area contributed by atoms with Gasteiger partial charge in [-0.15, -0.1) is 0 Å². The SMILES string of the molecule is NCCCCCCNO.O=C(O)CCCCC(=O)O. The minimum absolute atomic E-state index is 0.0628. The predicted molar refractivity (Wildman–Crippen MR) is 71.1 cm³/mol. The maximum atomic E-state index is 9.90. The summed E-state index contributed by atoms with van der Waals surface area (Å²) < 4.78 is 0. The van der Waals surface area contributed by atoms with Gasteiger partial charge in [0.15, 0.2) is 0 Å². The molecule has 0 amide bonds. The van der Waals surface area contributed by atoms with E-state index in [0.29, 0.717) is 19.4 Å². The highest BCUT2D eigenvalue weighted by molar-refractivity contribution is 5.67. The summed E-state index contributed by atoms with van der Waals surface area (Å²) >= 11 is 0. The molecule has 0 heterocycles. The molecule has 7 nitrogen and oxygen atoms in total. The van der Waals surface area contributed by atoms with Crippen molar-refractivity contribution < 1.29 is 25.0 Å². The number of nitrogens with two attached hydrogens (primary N) is 1. The summed E-state index contributed by atoms with van der Waals surface area (Å²) in [6.45, 7) is 1.48. The first kappa shape index (κ1) is 20.1. The quantitative estimate of drug-likeness (QED) is 0.283. The summed E-state index contributed by atoms with van der Waals surface area (Å²) in [4.78, 5) is 19.8. The fourth-order valence-electron chi connectivity index (χ4n) is 1.25. The lowest BCUT2D eigenvalue weighted by atomic mass is 10.2. The van der Waals surface area contributed by atoms with Crippen molar-refractivity contribution in [3.63, 3.8) is 0 Å². The number of unbranched alkanes of at least 4 members (excludes halogenated alkanes) is 4. The van der Waals surface area contributed by atoms with E-state index in [1.807, 2.05) is 0 Å². The van der Waals surface area contributed by atoms with Crippen LogP contribution in [0.3, 0.4) is 0 Å². The van der Waals surface area contributed by atoms with Gasteiger partial charge in [0.2, 0.25) is 0 Å². The second kappa shape index (κ2) is 16.8. The third kappa shape index (κ3) is 26.4. The van der Waals surface area contributed by atoms with Crippen LogP contribution in [0.15, 0.2) is 0 Å². The van der Waals surface area contributed by atoms with Crippen LogP contribution in [-0.4, -0.2) is 40.4 Å². The molecule has 0 fully saturated rings. The molecule has 0 radical (unpaired) electrons. The zero-order valence-electron chi connectivity index (χ0n) is 11.3. The number of nitrogens with one attached hydrogen (secondary N) is 1. The highest BCUT2D eigenvalue weighted by Gasteiger charge is 1.99. The second-order valence-corrected chi connectivity index (χ2v) is 4.11. The summed E-state index contributed by atoms with van der Waals surface area (Å²) in [7, 11) is 0. The van der Waals surface area contributed by atoms with Crippen LogP contribution >= 0.6 is 0 Å². The summed E-state index contributed by atoms with van der Waals surface area (Å²) in [5, 5.41) is 24.4. The summed E-state index contributed by atoms with van der Waals surface area (Å²) in [5.74, 6) is -1.74. The molecule has 0 rings (SSSR count). The Balaban J connectivity index is 0. The maximum absolute atomic E-state index is 9.90. The van der Waals surface area contributed by atoms with Crippen molar-refractivity contribution in [1.82, 2.24) is 5.48 Å². The van der Waals surface area contributed by atoms with Crippen LogP contribution in [-0.2, 0) is 9.59 Å². The van der Waals surface area contributed by atoms with Gasteiger partial charge in [-0.2, -0.15) is 0 Å². The molecule has 19 heavy (non-hydrogen) atoms. The van der Waals surface area contributed by atoms with Gasteiger partial charge in [0.25, 0.3) is 0 Å². The van der Waals surface area contributed by atoms with E-state index < -0.39 is 11.9 Å². The number of hydroxylamine groups is 1. The predicted octanol–water partition coefficient (Wildman–Crippen LogP) is 1.20. The fourth-order valence-corrected chi connectivity index (χ4v) is 1.25. The lowest BCUT2D eigenvalue weighted by Crippen LogP contribution is -2.08. The lowest BCUT2D eigenvalue weighted by molar-refractivity contribution is -0.139. The molecule has 0 aromatic carbocycles. The fraction of sp³-hybridized carbons (Fsp3) is 0.833. The Kier molecular flexibility index (Phi) is 17.8. The van der Waals surface area contributed by atoms with Crippen molar-refractivity contribution in [3.05, 3.63) is 0 Å². The van der Waals surface area contributed by atoms with Crippen molar-refractivity contribution in [2.75, 3.05) is 13.1 Å². The van der Waals surface area contributed by atoms with Gasteiger partial charge in [0, 0.05) is 19.4 Å². The van der Waals surface area contributed by atoms with E-state index in [1.54, 1.807) is 0 Å². The first-order valence-electron chi connectivity index (χ1n) is 6.55. The van der Waals surface area contributed by atoms with Gasteiger partial charge in [-0.05, 0) is 32.2 Å². The minimum Gasteiger partial charge on any atom is -0.481 e. The topological polar surface area (TPSA) is 133 Å². The van der Waals surface area contributed by atoms with E-state index in [9.17, 15) is 9.59 Å². The van der Waals surface area contributed by atoms with Gasteiger partial charge in [-0.1, -0.05) is 12.8 Å². The largest absolute Gasteiger partial charge is 0.481 e. The van der Waals surface area contributed by atoms with Crippen molar-refractivity contribution in [2.24, 2.45) is 5.73 Å². The molecule has 0 bridgehead atoms. The standard InChI is InChI=1S/C6H16N2O.C6H10O4/c7-5-3-1-2-4-6-8-9;7-5(8)3-1-2-4-6(9)10/h8-9H,1-7H2;1-4H2,(H,7,8)(H,9,10). The Morgan fingerprint density at radius 3 is 1.68 bits per heavy atom. The molecule has 0 aromatic rings. The molecule has 114 valence electrons. The van der Waals surface area contributed by atoms with E-state index in [2.05, 4.69) is 5.48 Å². The highest BCUT2D eigenvalue weighted by atomic mass is 16.5.